The highest BCUT2D eigenvalue weighted by atomic mass is 32.2. The Morgan fingerprint density at radius 1 is 1.30 bits per heavy atom. The summed E-state index contributed by atoms with van der Waals surface area (Å²) in [5.41, 5.74) is 2.47. The molecule has 0 aliphatic heterocycles. The van der Waals surface area contributed by atoms with Crippen molar-refractivity contribution in [2.45, 2.75) is 24.8 Å². The fourth-order valence-electron chi connectivity index (χ4n) is 1.82. The lowest BCUT2D eigenvalue weighted by molar-refractivity contribution is 0.398. The predicted molar refractivity (Wildman–Crippen MR) is 75.5 cm³/mol. The van der Waals surface area contributed by atoms with E-state index < -0.39 is 10.8 Å². The van der Waals surface area contributed by atoms with Crippen LogP contribution in [0.4, 0.5) is 0 Å². The predicted octanol–water partition coefficient (Wildman–Crippen LogP) is 1.75. The summed E-state index contributed by atoms with van der Waals surface area (Å²) in [6, 6.07) is 1.86. The molecule has 0 spiro atoms. The lowest BCUT2D eigenvalue weighted by atomic mass is 10.2. The highest BCUT2D eigenvalue weighted by molar-refractivity contribution is 7.84. The first kappa shape index (κ1) is 14.5. The van der Waals surface area contributed by atoms with Gasteiger partial charge in [0, 0.05) is 17.3 Å². The first-order valence-electron chi connectivity index (χ1n) is 6.03. The average molecular weight is 295 g/mol. The summed E-state index contributed by atoms with van der Waals surface area (Å²) in [6.45, 7) is 3.78. The first-order chi connectivity index (χ1) is 9.55. The number of imidazole rings is 1. The number of ether oxygens (including phenoxy) is 2. The molecule has 1 N–H and O–H groups in total. The minimum Gasteiger partial charge on any atom is -0.496 e. The highest BCUT2D eigenvalue weighted by Gasteiger charge is 2.15. The van der Waals surface area contributed by atoms with Gasteiger partial charge in [-0.25, -0.2) is 4.98 Å². The van der Waals surface area contributed by atoms with Crippen molar-refractivity contribution in [1.29, 1.82) is 0 Å². The Labute approximate surface area is 120 Å². The van der Waals surface area contributed by atoms with Crippen molar-refractivity contribution in [2.24, 2.45) is 0 Å². The summed E-state index contributed by atoms with van der Waals surface area (Å²) in [4.78, 5) is 11.3. The summed E-state index contributed by atoms with van der Waals surface area (Å²) in [6.07, 6.45) is 1.50. The van der Waals surface area contributed by atoms with Gasteiger partial charge >= 0.3 is 0 Å². The average Bonchev–Trinajstić information content (AvgIpc) is 2.91. The van der Waals surface area contributed by atoms with E-state index in [2.05, 4.69) is 15.0 Å². The molecule has 0 saturated carbocycles. The molecule has 2 heterocycles. The monoisotopic (exact) mass is 295 g/mol. The van der Waals surface area contributed by atoms with Crippen LogP contribution in [0.15, 0.2) is 17.4 Å². The Morgan fingerprint density at radius 3 is 2.65 bits per heavy atom. The van der Waals surface area contributed by atoms with E-state index in [9.17, 15) is 4.21 Å². The largest absolute Gasteiger partial charge is 0.496 e. The van der Waals surface area contributed by atoms with E-state index in [0.717, 1.165) is 22.7 Å². The van der Waals surface area contributed by atoms with Gasteiger partial charge in [-0.3, -0.25) is 9.19 Å². The Morgan fingerprint density at radius 2 is 2.05 bits per heavy atom. The zero-order valence-corrected chi connectivity index (χ0v) is 12.7. The number of nitrogens with zero attached hydrogens (tertiary/aromatic N) is 2. The Hall–Kier alpha value is -1.89. The highest BCUT2D eigenvalue weighted by Crippen LogP contribution is 2.23. The molecule has 108 valence electrons. The van der Waals surface area contributed by atoms with Crippen LogP contribution in [-0.4, -0.2) is 33.4 Å². The number of aryl methyl sites for hydroxylation is 1. The van der Waals surface area contributed by atoms with Crippen molar-refractivity contribution in [2.75, 3.05) is 14.2 Å². The van der Waals surface area contributed by atoms with Gasteiger partial charge in [0.15, 0.2) is 5.16 Å². The molecule has 0 aliphatic rings. The number of pyridine rings is 1. The van der Waals surface area contributed by atoms with E-state index in [4.69, 9.17) is 9.47 Å². The number of H-pyrrole nitrogens is 1. The smallest absolute Gasteiger partial charge is 0.211 e. The molecule has 0 radical (unpaired) electrons. The molecule has 0 aliphatic carbocycles. The van der Waals surface area contributed by atoms with Crippen molar-refractivity contribution < 1.29 is 13.7 Å². The third kappa shape index (κ3) is 2.98. The number of aromatic amines is 1. The van der Waals surface area contributed by atoms with Crippen LogP contribution in [0.2, 0.25) is 0 Å². The number of aromatic nitrogens is 3. The third-order valence-electron chi connectivity index (χ3n) is 2.91. The topological polar surface area (TPSA) is 77.1 Å². The van der Waals surface area contributed by atoms with Crippen LogP contribution in [0.1, 0.15) is 17.0 Å². The van der Waals surface area contributed by atoms with Gasteiger partial charge in [0.25, 0.3) is 0 Å². The molecule has 0 aromatic carbocycles. The molecule has 0 fully saturated rings. The molecule has 2 aromatic heterocycles. The minimum atomic E-state index is -1.31. The van der Waals surface area contributed by atoms with E-state index in [1.807, 2.05) is 19.9 Å². The number of hydrogen-bond donors (Lipinski definition) is 1. The summed E-state index contributed by atoms with van der Waals surface area (Å²) < 4.78 is 22.6. The lowest BCUT2D eigenvalue weighted by Gasteiger charge is -2.10. The van der Waals surface area contributed by atoms with Crippen molar-refractivity contribution in [1.82, 2.24) is 15.0 Å². The molecule has 6 nitrogen and oxygen atoms in total. The normalized spacial score (nSPS) is 12.2. The number of methoxy groups -OCH3 is 2. The summed E-state index contributed by atoms with van der Waals surface area (Å²) in [7, 11) is 1.83. The van der Waals surface area contributed by atoms with Crippen LogP contribution in [0.3, 0.4) is 0 Å². The van der Waals surface area contributed by atoms with Crippen molar-refractivity contribution in [3.05, 3.63) is 29.2 Å². The van der Waals surface area contributed by atoms with Gasteiger partial charge in [0.05, 0.1) is 42.7 Å². The van der Waals surface area contributed by atoms with Crippen LogP contribution < -0.4 is 9.47 Å². The van der Waals surface area contributed by atoms with Gasteiger partial charge in [-0.05, 0) is 13.8 Å². The fourth-order valence-corrected chi connectivity index (χ4v) is 2.87. The van der Waals surface area contributed by atoms with E-state index in [1.165, 1.54) is 13.3 Å². The molecular weight excluding hydrogens is 278 g/mol. The van der Waals surface area contributed by atoms with E-state index >= 15 is 0 Å². The number of nitrogens with one attached hydrogen (secondary N) is 1. The summed E-state index contributed by atoms with van der Waals surface area (Å²) in [5.74, 6) is 1.52. The van der Waals surface area contributed by atoms with Crippen LogP contribution in [0.5, 0.6) is 11.6 Å². The van der Waals surface area contributed by atoms with Crippen LogP contribution in [-0.2, 0) is 16.6 Å². The quantitative estimate of drug-likeness (QED) is 0.909. The second-order valence-electron chi connectivity index (χ2n) is 4.28. The second kappa shape index (κ2) is 6.04. The van der Waals surface area contributed by atoms with Crippen LogP contribution in [0.25, 0.3) is 0 Å². The molecule has 1 unspecified atom stereocenters. The minimum absolute atomic E-state index is 0.278. The van der Waals surface area contributed by atoms with Crippen LogP contribution >= 0.6 is 0 Å². The fraction of sp³-hybridized carbons (Fsp3) is 0.385. The zero-order valence-electron chi connectivity index (χ0n) is 11.9. The Bertz CT molecular complexity index is 640. The maximum absolute atomic E-state index is 12.3. The molecule has 2 aromatic rings. The number of rotatable bonds is 5. The number of hydrogen-bond acceptors (Lipinski definition) is 5. The van der Waals surface area contributed by atoms with Crippen molar-refractivity contribution in [3.63, 3.8) is 0 Å². The lowest BCUT2D eigenvalue weighted by Crippen LogP contribution is -2.05. The zero-order chi connectivity index (χ0) is 14.7. The van der Waals surface area contributed by atoms with Crippen LogP contribution in [0, 0.1) is 13.8 Å². The maximum Gasteiger partial charge on any atom is 0.211 e. The van der Waals surface area contributed by atoms with Gasteiger partial charge in [-0.15, -0.1) is 0 Å². The molecule has 7 heteroatoms. The van der Waals surface area contributed by atoms with E-state index in [1.54, 1.807) is 7.11 Å². The van der Waals surface area contributed by atoms with Gasteiger partial charge < -0.3 is 14.5 Å². The molecule has 1 atom stereocenters. The molecule has 0 amide bonds. The first-order valence-corrected chi connectivity index (χ1v) is 7.35. The van der Waals surface area contributed by atoms with E-state index in [0.29, 0.717) is 11.0 Å². The summed E-state index contributed by atoms with van der Waals surface area (Å²) >= 11 is 0. The second-order valence-corrected chi connectivity index (χ2v) is 5.65. The third-order valence-corrected chi connectivity index (χ3v) is 4.08. The standard InChI is InChI=1S/C13H17N3O3S/c1-8-5-11(18-3)9(2)10(15-8)7-20(17)13-14-6-12(16-13)19-4/h5-6H,7H2,1-4H3,(H,14,16). The molecule has 0 bridgehead atoms. The molecule has 20 heavy (non-hydrogen) atoms. The van der Waals surface area contributed by atoms with Gasteiger partial charge in [0.1, 0.15) is 5.75 Å². The molecule has 2 rings (SSSR count). The Balaban J connectivity index is 2.25. The van der Waals surface area contributed by atoms with Crippen molar-refractivity contribution in [3.8, 4) is 11.6 Å². The van der Waals surface area contributed by atoms with Gasteiger partial charge in [-0.1, -0.05) is 0 Å². The Kier molecular flexibility index (Phi) is 4.39. The molecular formula is C13H17N3O3S. The maximum atomic E-state index is 12.3. The van der Waals surface area contributed by atoms with E-state index in [-0.39, 0.29) is 5.75 Å². The van der Waals surface area contributed by atoms with Crippen molar-refractivity contribution >= 4 is 10.8 Å². The van der Waals surface area contributed by atoms with Gasteiger partial charge in [0.2, 0.25) is 5.88 Å². The summed E-state index contributed by atoms with van der Waals surface area (Å²) in [5, 5.41) is 0.378. The SMILES string of the molecule is COc1cnc(S(=O)Cc2nc(C)cc(OC)c2C)[nH]1. The molecule has 0 saturated heterocycles. The van der Waals surface area contributed by atoms with Gasteiger partial charge in [-0.2, -0.15) is 0 Å².